The molecule has 7 heteroatoms. The molecule has 3 aromatic rings. The van der Waals surface area contributed by atoms with Crippen LogP contribution in [0.15, 0.2) is 88.2 Å². The van der Waals surface area contributed by atoms with Crippen molar-refractivity contribution in [3.05, 3.63) is 94.5 Å². The first-order valence-electron chi connectivity index (χ1n) is 8.60. The first-order valence-corrected chi connectivity index (χ1v) is 10.9. The van der Waals surface area contributed by atoms with Gasteiger partial charge in [-0.15, -0.1) is 0 Å². The number of anilines is 1. The van der Waals surface area contributed by atoms with Gasteiger partial charge in [0.1, 0.15) is 0 Å². The molecule has 0 bridgehead atoms. The van der Waals surface area contributed by atoms with Gasteiger partial charge in [-0.2, -0.15) is 0 Å². The second-order valence-electron chi connectivity index (χ2n) is 6.19. The maximum Gasteiger partial charge on any atom is 0.240 e. The average molecular weight is 459 g/mol. The molecule has 0 radical (unpaired) electrons. The Hall–Kier alpha value is -2.48. The lowest BCUT2D eigenvalue weighted by Crippen LogP contribution is -2.23. The number of nitrogens with one attached hydrogen (secondary N) is 2. The van der Waals surface area contributed by atoms with Crippen LogP contribution < -0.4 is 10.0 Å². The van der Waals surface area contributed by atoms with Crippen molar-refractivity contribution in [1.29, 1.82) is 0 Å². The molecule has 0 atom stereocenters. The fraction of sp³-hybridized carbons (Fsp3) is 0.0952. The molecule has 0 aliphatic heterocycles. The predicted molar refractivity (Wildman–Crippen MR) is 113 cm³/mol. The summed E-state index contributed by atoms with van der Waals surface area (Å²) in [6, 6.07) is 22.9. The lowest BCUT2D eigenvalue weighted by molar-refractivity contribution is -0.115. The smallest absolute Gasteiger partial charge is 0.240 e. The number of hydrogen-bond acceptors (Lipinski definition) is 3. The molecule has 1 amide bonds. The number of rotatable bonds is 7. The number of carbonyl (C=O) groups excluding carboxylic acids is 1. The third kappa shape index (κ3) is 5.76. The summed E-state index contributed by atoms with van der Waals surface area (Å²) in [6.45, 7) is 0.217. The number of halogens is 1. The standard InChI is InChI=1S/C21H19BrN2O3S/c22-18-8-6-16(7-9-18)14-21(25)24-19-10-12-20(13-11-19)28(26,27)23-15-17-4-2-1-3-5-17/h1-13,23H,14-15H2,(H,24,25). The van der Waals surface area contributed by atoms with Gasteiger partial charge in [0.2, 0.25) is 15.9 Å². The van der Waals surface area contributed by atoms with E-state index in [-0.39, 0.29) is 23.8 Å². The lowest BCUT2D eigenvalue weighted by atomic mass is 10.1. The summed E-state index contributed by atoms with van der Waals surface area (Å²) in [5.41, 5.74) is 2.32. The van der Waals surface area contributed by atoms with Crippen LogP contribution in [0.25, 0.3) is 0 Å². The van der Waals surface area contributed by atoms with E-state index in [1.807, 2.05) is 54.6 Å². The van der Waals surface area contributed by atoms with E-state index in [0.717, 1.165) is 15.6 Å². The highest BCUT2D eigenvalue weighted by molar-refractivity contribution is 9.10. The summed E-state index contributed by atoms with van der Waals surface area (Å²) in [7, 11) is -3.62. The topological polar surface area (TPSA) is 75.3 Å². The Bertz CT molecular complexity index is 1040. The van der Waals surface area contributed by atoms with Crippen LogP contribution >= 0.6 is 15.9 Å². The van der Waals surface area contributed by atoms with Crippen molar-refractivity contribution in [3.8, 4) is 0 Å². The van der Waals surface area contributed by atoms with Gasteiger partial charge in [0.05, 0.1) is 11.3 Å². The zero-order chi connectivity index (χ0) is 20.0. The van der Waals surface area contributed by atoms with Gasteiger partial charge in [-0.1, -0.05) is 58.4 Å². The van der Waals surface area contributed by atoms with Gasteiger partial charge in [0.15, 0.2) is 0 Å². The van der Waals surface area contributed by atoms with Crippen LogP contribution in [-0.2, 0) is 27.8 Å². The van der Waals surface area contributed by atoms with E-state index in [2.05, 4.69) is 26.0 Å². The van der Waals surface area contributed by atoms with E-state index < -0.39 is 10.0 Å². The minimum Gasteiger partial charge on any atom is -0.326 e. The van der Waals surface area contributed by atoms with Gasteiger partial charge >= 0.3 is 0 Å². The van der Waals surface area contributed by atoms with Gasteiger partial charge in [0, 0.05) is 16.7 Å². The van der Waals surface area contributed by atoms with Gasteiger partial charge in [-0.3, -0.25) is 4.79 Å². The molecule has 28 heavy (non-hydrogen) atoms. The van der Waals surface area contributed by atoms with E-state index in [4.69, 9.17) is 0 Å². The number of benzene rings is 3. The Morgan fingerprint density at radius 2 is 1.46 bits per heavy atom. The van der Waals surface area contributed by atoms with Crippen molar-refractivity contribution in [3.63, 3.8) is 0 Å². The van der Waals surface area contributed by atoms with Crippen LogP contribution in [0.2, 0.25) is 0 Å². The first kappa shape index (κ1) is 20.3. The van der Waals surface area contributed by atoms with E-state index in [0.29, 0.717) is 5.69 Å². The van der Waals surface area contributed by atoms with Gasteiger partial charge in [-0.05, 0) is 47.5 Å². The summed E-state index contributed by atoms with van der Waals surface area (Å²) < 4.78 is 28.3. The van der Waals surface area contributed by atoms with Crippen LogP contribution in [0.4, 0.5) is 5.69 Å². The molecule has 0 saturated heterocycles. The summed E-state index contributed by atoms with van der Waals surface area (Å²) in [4.78, 5) is 12.3. The SMILES string of the molecule is O=C(Cc1ccc(Br)cc1)Nc1ccc(S(=O)(=O)NCc2ccccc2)cc1. The fourth-order valence-electron chi connectivity index (χ4n) is 2.57. The molecule has 5 nitrogen and oxygen atoms in total. The predicted octanol–water partition coefficient (Wildman–Crippen LogP) is 4.11. The summed E-state index contributed by atoms with van der Waals surface area (Å²) in [5.74, 6) is -0.167. The van der Waals surface area contributed by atoms with Crippen molar-refractivity contribution in [2.75, 3.05) is 5.32 Å². The molecule has 0 unspecified atom stereocenters. The zero-order valence-corrected chi connectivity index (χ0v) is 17.3. The van der Waals surface area contributed by atoms with Crippen molar-refractivity contribution < 1.29 is 13.2 Å². The Morgan fingerprint density at radius 3 is 2.11 bits per heavy atom. The van der Waals surface area contributed by atoms with Crippen LogP contribution in [0, 0.1) is 0 Å². The number of sulfonamides is 1. The van der Waals surface area contributed by atoms with Gasteiger partial charge in [0.25, 0.3) is 0 Å². The second-order valence-corrected chi connectivity index (χ2v) is 8.87. The number of amides is 1. The molecule has 0 spiro atoms. The highest BCUT2D eigenvalue weighted by atomic mass is 79.9. The first-order chi connectivity index (χ1) is 13.4. The molecule has 0 saturated carbocycles. The average Bonchev–Trinajstić information content (AvgIpc) is 2.69. The molecule has 2 N–H and O–H groups in total. The monoisotopic (exact) mass is 458 g/mol. The van der Waals surface area contributed by atoms with Gasteiger partial charge < -0.3 is 5.32 Å². The molecule has 0 fully saturated rings. The Balaban J connectivity index is 1.59. The normalized spacial score (nSPS) is 11.2. The van der Waals surface area contributed by atoms with Crippen LogP contribution in [0.5, 0.6) is 0 Å². The molecular formula is C21H19BrN2O3S. The summed E-state index contributed by atoms with van der Waals surface area (Å²) >= 11 is 3.36. The van der Waals surface area contributed by atoms with Crippen molar-refractivity contribution >= 4 is 37.5 Å². The summed E-state index contributed by atoms with van der Waals surface area (Å²) in [5, 5.41) is 2.78. The third-order valence-corrected chi connectivity index (χ3v) is 5.98. The Kier molecular flexibility index (Phi) is 6.61. The largest absolute Gasteiger partial charge is 0.326 e. The van der Waals surface area contributed by atoms with Gasteiger partial charge in [-0.25, -0.2) is 13.1 Å². The van der Waals surface area contributed by atoms with Crippen molar-refractivity contribution in [1.82, 2.24) is 4.72 Å². The Labute approximate surface area is 173 Å². The molecular weight excluding hydrogens is 440 g/mol. The van der Waals surface area contributed by atoms with E-state index in [9.17, 15) is 13.2 Å². The van der Waals surface area contributed by atoms with E-state index in [1.165, 1.54) is 12.1 Å². The van der Waals surface area contributed by atoms with Crippen LogP contribution in [0.3, 0.4) is 0 Å². The molecule has 0 heterocycles. The second kappa shape index (κ2) is 9.14. The van der Waals surface area contributed by atoms with Crippen molar-refractivity contribution in [2.45, 2.75) is 17.9 Å². The molecule has 3 aromatic carbocycles. The highest BCUT2D eigenvalue weighted by Crippen LogP contribution is 2.16. The Morgan fingerprint density at radius 1 is 0.821 bits per heavy atom. The fourth-order valence-corrected chi connectivity index (χ4v) is 3.85. The lowest BCUT2D eigenvalue weighted by Gasteiger charge is -2.09. The molecule has 0 aromatic heterocycles. The number of hydrogen-bond donors (Lipinski definition) is 2. The molecule has 0 aliphatic rings. The minimum atomic E-state index is -3.62. The zero-order valence-electron chi connectivity index (χ0n) is 14.9. The van der Waals surface area contributed by atoms with Crippen molar-refractivity contribution in [2.24, 2.45) is 0 Å². The maximum absolute atomic E-state index is 12.4. The quantitative estimate of drug-likeness (QED) is 0.559. The third-order valence-electron chi connectivity index (χ3n) is 4.04. The molecule has 3 rings (SSSR count). The van der Waals surface area contributed by atoms with Crippen LogP contribution in [0.1, 0.15) is 11.1 Å². The summed E-state index contributed by atoms with van der Waals surface area (Å²) in [6.07, 6.45) is 0.242. The maximum atomic E-state index is 12.4. The minimum absolute atomic E-state index is 0.148. The highest BCUT2D eigenvalue weighted by Gasteiger charge is 2.14. The number of carbonyl (C=O) groups is 1. The molecule has 0 aliphatic carbocycles. The van der Waals surface area contributed by atoms with Crippen LogP contribution in [-0.4, -0.2) is 14.3 Å². The van der Waals surface area contributed by atoms with E-state index >= 15 is 0 Å². The molecule has 144 valence electrons. The van der Waals surface area contributed by atoms with E-state index in [1.54, 1.807) is 12.1 Å².